The molecule has 0 aliphatic carbocycles. The first-order valence-electron chi connectivity index (χ1n) is 8.04. The Kier molecular flexibility index (Phi) is 4.98. The lowest BCUT2D eigenvalue weighted by Crippen LogP contribution is -2.16. The first-order chi connectivity index (χ1) is 12.8. The van der Waals surface area contributed by atoms with E-state index in [1.165, 1.54) is 24.3 Å². The third-order valence-electron chi connectivity index (χ3n) is 3.90. The predicted molar refractivity (Wildman–Crippen MR) is 99.0 cm³/mol. The van der Waals surface area contributed by atoms with Crippen LogP contribution in [0.4, 0.5) is 30.4 Å². The number of alkyl halides is 3. The maximum absolute atomic E-state index is 12.3. The highest BCUT2D eigenvalue weighted by Crippen LogP contribution is 2.35. The van der Waals surface area contributed by atoms with Gasteiger partial charge in [0.25, 0.3) is 0 Å². The second-order valence-electron chi connectivity index (χ2n) is 5.99. The number of methoxy groups -OCH3 is 1. The van der Waals surface area contributed by atoms with Gasteiger partial charge in [-0.3, -0.25) is 0 Å². The number of benzene rings is 2. The molecule has 0 unspecified atom stereocenters. The number of halogens is 3. The van der Waals surface area contributed by atoms with Crippen molar-refractivity contribution in [2.75, 3.05) is 31.4 Å². The molecule has 0 spiro atoms. The molecule has 3 aromatic rings. The van der Waals surface area contributed by atoms with E-state index < -0.39 is 6.36 Å². The molecule has 3 rings (SSSR count). The summed E-state index contributed by atoms with van der Waals surface area (Å²) in [5.74, 6) is 0.964. The molecule has 0 aliphatic heterocycles. The molecule has 0 saturated heterocycles. The maximum atomic E-state index is 12.3. The molecule has 27 heavy (non-hydrogen) atoms. The number of pyridine rings is 1. The second kappa shape index (κ2) is 7.22. The topological polar surface area (TPSA) is 46.6 Å². The van der Waals surface area contributed by atoms with Crippen molar-refractivity contribution in [2.24, 2.45) is 0 Å². The molecule has 5 nitrogen and oxygen atoms in total. The molecule has 2 aromatic carbocycles. The van der Waals surface area contributed by atoms with Gasteiger partial charge in [-0.25, -0.2) is 4.98 Å². The van der Waals surface area contributed by atoms with Gasteiger partial charge in [0.2, 0.25) is 0 Å². The fraction of sp³-hybridized carbons (Fsp3) is 0.211. The van der Waals surface area contributed by atoms with E-state index >= 15 is 0 Å². The van der Waals surface area contributed by atoms with Gasteiger partial charge in [0.15, 0.2) is 0 Å². The van der Waals surface area contributed by atoms with Crippen LogP contribution in [-0.4, -0.2) is 32.6 Å². The smallest absolute Gasteiger partial charge is 0.497 e. The van der Waals surface area contributed by atoms with Gasteiger partial charge in [-0.15, -0.1) is 13.2 Å². The molecule has 1 aromatic heterocycles. The van der Waals surface area contributed by atoms with Crippen LogP contribution < -0.4 is 19.7 Å². The lowest BCUT2D eigenvalue weighted by atomic mass is 10.1. The number of ether oxygens (including phenoxy) is 2. The summed E-state index contributed by atoms with van der Waals surface area (Å²) < 4.78 is 46.1. The monoisotopic (exact) mass is 377 g/mol. The first kappa shape index (κ1) is 18.6. The highest BCUT2D eigenvalue weighted by molar-refractivity contribution is 6.02. The number of fused-ring (bicyclic) bond motifs is 1. The van der Waals surface area contributed by atoms with Crippen LogP contribution in [0.5, 0.6) is 11.5 Å². The quantitative estimate of drug-likeness (QED) is 0.682. The van der Waals surface area contributed by atoms with E-state index in [9.17, 15) is 13.2 Å². The molecule has 0 saturated carbocycles. The molecule has 0 aliphatic rings. The van der Waals surface area contributed by atoms with E-state index in [0.717, 1.165) is 16.5 Å². The van der Waals surface area contributed by atoms with E-state index in [-0.39, 0.29) is 5.75 Å². The van der Waals surface area contributed by atoms with Crippen molar-refractivity contribution in [3.8, 4) is 11.5 Å². The van der Waals surface area contributed by atoms with E-state index in [1.54, 1.807) is 13.3 Å². The van der Waals surface area contributed by atoms with Crippen LogP contribution in [-0.2, 0) is 0 Å². The molecule has 1 heterocycles. The summed E-state index contributed by atoms with van der Waals surface area (Å²) in [5.41, 5.74) is 1.54. The lowest BCUT2D eigenvalue weighted by Gasteiger charge is -2.18. The highest BCUT2D eigenvalue weighted by atomic mass is 19.4. The average molecular weight is 377 g/mol. The van der Waals surface area contributed by atoms with Gasteiger partial charge in [-0.2, -0.15) is 0 Å². The van der Waals surface area contributed by atoms with Crippen molar-refractivity contribution in [1.82, 2.24) is 4.98 Å². The van der Waals surface area contributed by atoms with Crippen LogP contribution in [0.3, 0.4) is 0 Å². The number of rotatable bonds is 5. The van der Waals surface area contributed by atoms with Gasteiger partial charge in [0, 0.05) is 48.5 Å². The molecule has 0 bridgehead atoms. The van der Waals surface area contributed by atoms with Gasteiger partial charge in [-0.1, -0.05) is 0 Å². The fourth-order valence-electron chi connectivity index (χ4n) is 2.70. The minimum Gasteiger partial charge on any atom is -0.497 e. The zero-order chi connectivity index (χ0) is 19.6. The highest BCUT2D eigenvalue weighted by Gasteiger charge is 2.30. The third-order valence-corrected chi connectivity index (χ3v) is 3.90. The van der Waals surface area contributed by atoms with Crippen molar-refractivity contribution < 1.29 is 22.6 Å². The van der Waals surface area contributed by atoms with Crippen LogP contribution in [0, 0.1) is 0 Å². The molecule has 142 valence electrons. The Morgan fingerprint density at radius 1 is 0.963 bits per heavy atom. The Balaban J connectivity index is 1.96. The minimum atomic E-state index is -4.72. The number of aromatic nitrogens is 1. The Bertz CT molecular complexity index is 941. The van der Waals surface area contributed by atoms with Crippen LogP contribution in [0.1, 0.15) is 0 Å². The minimum absolute atomic E-state index is 0.282. The molecular weight excluding hydrogens is 359 g/mol. The summed E-state index contributed by atoms with van der Waals surface area (Å²) >= 11 is 0. The summed E-state index contributed by atoms with van der Waals surface area (Å²) in [5, 5.41) is 4.93. The molecular formula is C19H18F3N3O2. The normalized spacial score (nSPS) is 11.3. The molecule has 0 amide bonds. The number of nitrogens with one attached hydrogen (secondary N) is 1. The third kappa shape index (κ3) is 4.33. The van der Waals surface area contributed by atoms with Gasteiger partial charge in [0.1, 0.15) is 17.3 Å². The van der Waals surface area contributed by atoms with Crippen LogP contribution in [0.25, 0.3) is 10.8 Å². The summed E-state index contributed by atoms with van der Waals surface area (Å²) in [6.45, 7) is 0. The first-order valence-corrected chi connectivity index (χ1v) is 8.04. The van der Waals surface area contributed by atoms with E-state index in [1.807, 2.05) is 37.2 Å². The van der Waals surface area contributed by atoms with E-state index in [0.29, 0.717) is 17.3 Å². The van der Waals surface area contributed by atoms with Crippen molar-refractivity contribution in [2.45, 2.75) is 6.36 Å². The molecule has 1 N–H and O–H groups in total. The molecule has 0 atom stereocenters. The second-order valence-corrected chi connectivity index (χ2v) is 5.99. The number of hydrogen-bond donors (Lipinski definition) is 1. The standard InChI is InChI=1S/C19H18F3N3O2/c1-25(2)17-11-14(26-3)10-16-15(17)8-9-23-18(16)24-12-4-6-13(7-5-12)27-19(20,21)22/h4-11H,1-3H3,(H,23,24). The Morgan fingerprint density at radius 2 is 1.67 bits per heavy atom. The SMILES string of the molecule is COc1cc(N(C)C)c2ccnc(Nc3ccc(OC(F)(F)F)cc3)c2c1. The molecule has 8 heteroatoms. The van der Waals surface area contributed by atoms with Crippen molar-refractivity contribution in [3.63, 3.8) is 0 Å². The Morgan fingerprint density at radius 3 is 2.26 bits per heavy atom. The van der Waals surface area contributed by atoms with Crippen molar-refractivity contribution in [3.05, 3.63) is 48.7 Å². The lowest BCUT2D eigenvalue weighted by molar-refractivity contribution is -0.274. The van der Waals surface area contributed by atoms with Gasteiger partial charge in [0.05, 0.1) is 7.11 Å². The number of nitrogens with zero attached hydrogens (tertiary/aromatic N) is 2. The van der Waals surface area contributed by atoms with Crippen LogP contribution >= 0.6 is 0 Å². The molecule has 0 radical (unpaired) electrons. The van der Waals surface area contributed by atoms with Gasteiger partial charge in [-0.05, 0) is 36.4 Å². The van der Waals surface area contributed by atoms with Gasteiger partial charge < -0.3 is 19.7 Å². The van der Waals surface area contributed by atoms with Crippen molar-refractivity contribution in [1.29, 1.82) is 0 Å². The van der Waals surface area contributed by atoms with Crippen LogP contribution in [0.2, 0.25) is 0 Å². The summed E-state index contributed by atoms with van der Waals surface area (Å²) in [4.78, 5) is 6.33. The Hall–Kier alpha value is -3.16. The largest absolute Gasteiger partial charge is 0.573 e. The molecule has 0 fully saturated rings. The summed E-state index contributed by atoms with van der Waals surface area (Å²) in [6.07, 6.45) is -3.05. The summed E-state index contributed by atoms with van der Waals surface area (Å²) in [7, 11) is 5.45. The maximum Gasteiger partial charge on any atom is 0.573 e. The van der Waals surface area contributed by atoms with E-state index in [4.69, 9.17) is 4.74 Å². The van der Waals surface area contributed by atoms with Gasteiger partial charge >= 0.3 is 6.36 Å². The summed E-state index contributed by atoms with van der Waals surface area (Å²) in [6, 6.07) is 11.2. The van der Waals surface area contributed by atoms with Crippen LogP contribution in [0.15, 0.2) is 48.7 Å². The van der Waals surface area contributed by atoms with E-state index in [2.05, 4.69) is 15.0 Å². The van der Waals surface area contributed by atoms with Crippen molar-refractivity contribution >= 4 is 28.0 Å². The zero-order valence-electron chi connectivity index (χ0n) is 15.0. The fourth-order valence-corrected chi connectivity index (χ4v) is 2.70. The number of hydrogen-bond acceptors (Lipinski definition) is 5. The Labute approximate surface area is 154 Å². The number of anilines is 3. The average Bonchev–Trinajstić information content (AvgIpc) is 2.61. The predicted octanol–water partition coefficient (Wildman–Crippen LogP) is 4.95. The zero-order valence-corrected chi connectivity index (χ0v) is 15.0.